The molecule has 152 valence electrons. The monoisotopic (exact) mass is 389 g/mol. The van der Waals surface area contributed by atoms with Crippen molar-refractivity contribution in [3.05, 3.63) is 66.0 Å². The quantitative estimate of drug-likeness (QED) is 0.557. The van der Waals surface area contributed by atoms with Gasteiger partial charge in [-0.2, -0.15) is 0 Å². The maximum Gasteiger partial charge on any atom is 0.243 e. The Kier molecular flexibility index (Phi) is 5.98. The zero-order chi connectivity index (χ0) is 20.2. The summed E-state index contributed by atoms with van der Waals surface area (Å²) in [6.07, 6.45) is 5.94. The van der Waals surface area contributed by atoms with Gasteiger partial charge in [-0.3, -0.25) is 4.79 Å². The number of benzene rings is 2. The van der Waals surface area contributed by atoms with Crippen molar-refractivity contribution in [3.8, 4) is 0 Å². The Balaban J connectivity index is 1.64. The van der Waals surface area contributed by atoms with Gasteiger partial charge in [0.05, 0.1) is 11.0 Å². The molecule has 1 aliphatic carbocycles. The van der Waals surface area contributed by atoms with Crippen LogP contribution in [-0.4, -0.2) is 26.4 Å². The minimum Gasteiger partial charge on any atom is -0.334 e. The molecule has 3 aromatic rings. The van der Waals surface area contributed by atoms with Crippen LogP contribution in [0.4, 0.5) is 0 Å². The third-order valence-corrected chi connectivity index (χ3v) is 6.03. The van der Waals surface area contributed by atoms with Gasteiger partial charge in [0.15, 0.2) is 0 Å². The second-order valence-corrected chi connectivity index (χ2v) is 8.50. The van der Waals surface area contributed by atoms with Crippen molar-refractivity contribution < 1.29 is 4.79 Å². The van der Waals surface area contributed by atoms with Crippen LogP contribution in [0.1, 0.15) is 63.3 Å². The first-order valence-corrected chi connectivity index (χ1v) is 10.9. The second-order valence-electron chi connectivity index (χ2n) is 8.50. The lowest BCUT2D eigenvalue weighted by Crippen LogP contribution is -2.42. The number of rotatable bonds is 6. The zero-order valence-electron chi connectivity index (χ0n) is 17.6. The number of carbonyl (C=O) groups is 1. The molecule has 0 bridgehead atoms. The van der Waals surface area contributed by atoms with E-state index in [1.165, 1.54) is 24.8 Å². The topological polar surface area (TPSA) is 38.1 Å². The summed E-state index contributed by atoms with van der Waals surface area (Å²) in [5, 5.41) is 0. The summed E-state index contributed by atoms with van der Waals surface area (Å²) >= 11 is 0. The largest absolute Gasteiger partial charge is 0.334 e. The van der Waals surface area contributed by atoms with Gasteiger partial charge in [-0.1, -0.05) is 75.6 Å². The molecule has 0 radical (unpaired) electrons. The number of fused-ring (bicyclic) bond motifs is 1. The van der Waals surface area contributed by atoms with Crippen LogP contribution < -0.4 is 0 Å². The number of imidazole rings is 1. The highest BCUT2D eigenvalue weighted by Gasteiger charge is 2.27. The molecule has 4 heteroatoms. The van der Waals surface area contributed by atoms with E-state index in [1.807, 2.05) is 24.3 Å². The Morgan fingerprint density at radius 3 is 2.45 bits per heavy atom. The Morgan fingerprint density at radius 1 is 1.03 bits per heavy atom. The smallest absolute Gasteiger partial charge is 0.243 e. The molecular weight excluding hydrogens is 358 g/mol. The van der Waals surface area contributed by atoms with Gasteiger partial charge in [0.25, 0.3) is 0 Å². The van der Waals surface area contributed by atoms with Crippen LogP contribution in [0, 0.1) is 0 Å². The highest BCUT2D eigenvalue weighted by atomic mass is 16.2. The molecule has 1 heterocycles. The Bertz CT molecular complexity index is 955. The molecule has 0 saturated heterocycles. The lowest BCUT2D eigenvalue weighted by Gasteiger charge is -2.35. The highest BCUT2D eigenvalue weighted by Crippen LogP contribution is 2.26. The maximum absolute atomic E-state index is 13.6. The molecule has 4 rings (SSSR count). The first-order valence-electron chi connectivity index (χ1n) is 10.9. The Morgan fingerprint density at radius 2 is 1.72 bits per heavy atom. The van der Waals surface area contributed by atoms with Crippen LogP contribution in [0.3, 0.4) is 0 Å². The summed E-state index contributed by atoms with van der Waals surface area (Å²) in [4.78, 5) is 20.6. The van der Waals surface area contributed by atoms with Crippen molar-refractivity contribution in [1.29, 1.82) is 0 Å². The van der Waals surface area contributed by atoms with E-state index in [0.717, 1.165) is 29.7 Å². The zero-order valence-corrected chi connectivity index (χ0v) is 17.6. The number of carbonyl (C=O) groups excluding carboxylic acids is 1. The van der Waals surface area contributed by atoms with Crippen LogP contribution in [0.15, 0.2) is 54.6 Å². The average Bonchev–Trinajstić information content (AvgIpc) is 3.12. The van der Waals surface area contributed by atoms with Gasteiger partial charge >= 0.3 is 0 Å². The molecule has 0 spiro atoms. The van der Waals surface area contributed by atoms with E-state index < -0.39 is 0 Å². The van der Waals surface area contributed by atoms with Gasteiger partial charge in [0, 0.05) is 18.5 Å². The van der Waals surface area contributed by atoms with Crippen molar-refractivity contribution in [2.75, 3.05) is 0 Å². The lowest BCUT2D eigenvalue weighted by atomic mass is 9.93. The maximum atomic E-state index is 13.6. The molecule has 0 atom stereocenters. The van der Waals surface area contributed by atoms with Gasteiger partial charge in [0.2, 0.25) is 5.91 Å². The predicted octanol–water partition coefficient (Wildman–Crippen LogP) is 5.52. The standard InChI is InChI=1S/C25H31N3O/c1-19(2)25-26-22-15-9-10-16-23(22)28(25)18-24(29)27(21-13-7-4-8-14-21)17-20-11-5-3-6-12-20/h3,5-6,9-12,15-16,19,21H,4,7-8,13-14,17-18H2,1-2H3. The molecule has 0 aliphatic heterocycles. The minimum atomic E-state index is 0.200. The van der Waals surface area contributed by atoms with E-state index in [4.69, 9.17) is 4.98 Å². The fourth-order valence-corrected chi connectivity index (χ4v) is 4.52. The number of amides is 1. The van der Waals surface area contributed by atoms with Crippen LogP contribution in [-0.2, 0) is 17.9 Å². The predicted molar refractivity (Wildman–Crippen MR) is 118 cm³/mol. The van der Waals surface area contributed by atoms with E-state index in [-0.39, 0.29) is 11.8 Å². The third kappa shape index (κ3) is 4.36. The number of para-hydroxylation sites is 2. The van der Waals surface area contributed by atoms with E-state index in [0.29, 0.717) is 19.1 Å². The molecule has 0 N–H and O–H groups in total. The van der Waals surface area contributed by atoms with Gasteiger partial charge in [-0.25, -0.2) is 4.98 Å². The van der Waals surface area contributed by atoms with Gasteiger partial charge in [-0.15, -0.1) is 0 Å². The molecule has 1 amide bonds. The molecule has 1 aliphatic rings. The van der Waals surface area contributed by atoms with E-state index in [9.17, 15) is 4.79 Å². The number of hydrogen-bond donors (Lipinski definition) is 0. The molecule has 1 saturated carbocycles. The van der Waals surface area contributed by atoms with Gasteiger partial charge in [-0.05, 0) is 30.5 Å². The molecule has 0 unspecified atom stereocenters. The van der Waals surface area contributed by atoms with Crippen LogP contribution >= 0.6 is 0 Å². The highest BCUT2D eigenvalue weighted by molar-refractivity contribution is 5.81. The Hall–Kier alpha value is -2.62. The molecule has 1 aromatic heterocycles. The Labute approximate surface area is 173 Å². The number of aromatic nitrogens is 2. The average molecular weight is 390 g/mol. The van der Waals surface area contributed by atoms with E-state index in [1.54, 1.807) is 0 Å². The summed E-state index contributed by atoms with van der Waals surface area (Å²) in [5.74, 6) is 1.46. The molecular formula is C25H31N3O. The van der Waals surface area contributed by atoms with Crippen LogP contribution in [0.25, 0.3) is 11.0 Å². The number of hydrogen-bond acceptors (Lipinski definition) is 2. The van der Waals surface area contributed by atoms with E-state index in [2.05, 4.69) is 53.6 Å². The first-order chi connectivity index (χ1) is 14.1. The van der Waals surface area contributed by atoms with E-state index >= 15 is 0 Å². The second kappa shape index (κ2) is 8.81. The molecule has 2 aromatic carbocycles. The summed E-state index contributed by atoms with van der Waals surface area (Å²) in [7, 11) is 0. The summed E-state index contributed by atoms with van der Waals surface area (Å²) in [6, 6.07) is 18.9. The van der Waals surface area contributed by atoms with Crippen LogP contribution in [0.5, 0.6) is 0 Å². The third-order valence-electron chi connectivity index (χ3n) is 6.03. The molecule has 1 fully saturated rings. The molecule has 29 heavy (non-hydrogen) atoms. The van der Waals surface area contributed by atoms with Crippen LogP contribution in [0.2, 0.25) is 0 Å². The molecule has 4 nitrogen and oxygen atoms in total. The minimum absolute atomic E-state index is 0.200. The normalized spacial score (nSPS) is 15.1. The first kappa shape index (κ1) is 19.7. The van der Waals surface area contributed by atoms with Crippen molar-refractivity contribution in [3.63, 3.8) is 0 Å². The van der Waals surface area contributed by atoms with Crippen molar-refractivity contribution in [1.82, 2.24) is 14.5 Å². The SMILES string of the molecule is CC(C)c1nc2ccccc2n1CC(=O)N(Cc1ccccc1)C1CCCCC1. The van der Waals surface area contributed by atoms with Gasteiger partial charge < -0.3 is 9.47 Å². The van der Waals surface area contributed by atoms with Crippen molar-refractivity contribution in [2.24, 2.45) is 0 Å². The van der Waals surface area contributed by atoms with Crippen molar-refractivity contribution >= 4 is 16.9 Å². The fourth-order valence-electron chi connectivity index (χ4n) is 4.52. The number of nitrogens with zero attached hydrogens (tertiary/aromatic N) is 3. The summed E-state index contributed by atoms with van der Waals surface area (Å²) in [5.41, 5.74) is 3.22. The summed E-state index contributed by atoms with van der Waals surface area (Å²) in [6.45, 7) is 5.33. The van der Waals surface area contributed by atoms with Gasteiger partial charge in [0.1, 0.15) is 12.4 Å². The fraction of sp³-hybridized carbons (Fsp3) is 0.440. The summed E-state index contributed by atoms with van der Waals surface area (Å²) < 4.78 is 2.13. The lowest BCUT2D eigenvalue weighted by molar-refractivity contribution is -0.135. The van der Waals surface area contributed by atoms with Crippen molar-refractivity contribution in [2.45, 2.75) is 71.0 Å².